The average molecular weight is 229 g/mol. The van der Waals surface area contributed by atoms with Gasteiger partial charge in [-0.25, -0.2) is 0 Å². The molecule has 0 unspecified atom stereocenters. The van der Waals surface area contributed by atoms with Gasteiger partial charge in [-0.3, -0.25) is 4.79 Å². The molecule has 0 amide bonds. The summed E-state index contributed by atoms with van der Waals surface area (Å²) in [4.78, 5) is 10.9. The summed E-state index contributed by atoms with van der Waals surface area (Å²) < 4.78 is 0. The van der Waals surface area contributed by atoms with E-state index in [4.69, 9.17) is 23.2 Å². The monoisotopic (exact) mass is 228 g/mol. The van der Waals surface area contributed by atoms with Gasteiger partial charge in [0.1, 0.15) is 0 Å². The van der Waals surface area contributed by atoms with Crippen molar-refractivity contribution >= 4 is 34.6 Å². The van der Waals surface area contributed by atoms with Crippen LogP contribution in [0.4, 0.5) is 0 Å². The van der Waals surface area contributed by atoms with Crippen molar-refractivity contribution in [3.05, 3.63) is 39.9 Å². The summed E-state index contributed by atoms with van der Waals surface area (Å²) in [6.07, 6.45) is 1.52. The van der Waals surface area contributed by atoms with Gasteiger partial charge >= 0.3 is 0 Å². The van der Waals surface area contributed by atoms with Gasteiger partial charge in [0.15, 0.2) is 5.78 Å². The van der Waals surface area contributed by atoms with Crippen molar-refractivity contribution < 1.29 is 4.79 Å². The summed E-state index contributed by atoms with van der Waals surface area (Å²) in [5, 5.41) is 1.13. The lowest BCUT2D eigenvalue weighted by Crippen LogP contribution is -1.88. The first-order chi connectivity index (χ1) is 6.52. The highest BCUT2D eigenvalue weighted by molar-refractivity contribution is 6.37. The summed E-state index contributed by atoms with van der Waals surface area (Å²) in [5.41, 5.74) is 1.51. The SMILES string of the molecule is CC(=O)/C=C(\C)c1c(Cl)cccc1Cl. The van der Waals surface area contributed by atoms with Crippen LogP contribution in [0, 0.1) is 0 Å². The normalized spacial score (nSPS) is 11.6. The number of hydrogen-bond donors (Lipinski definition) is 0. The maximum Gasteiger partial charge on any atom is 0.152 e. The predicted octanol–water partition coefficient (Wildman–Crippen LogP) is 3.99. The molecule has 0 radical (unpaired) electrons. The summed E-state index contributed by atoms with van der Waals surface area (Å²) >= 11 is 11.9. The Morgan fingerprint density at radius 1 is 1.21 bits per heavy atom. The Balaban J connectivity index is 3.25. The Labute approximate surface area is 93.3 Å². The molecule has 1 rings (SSSR count). The van der Waals surface area contributed by atoms with E-state index in [-0.39, 0.29) is 5.78 Å². The van der Waals surface area contributed by atoms with Crippen LogP contribution in [0.5, 0.6) is 0 Å². The Morgan fingerprint density at radius 3 is 2.14 bits per heavy atom. The molecule has 0 saturated carbocycles. The standard InChI is InChI=1S/C11H10Cl2O/c1-7(6-8(2)14)11-9(12)4-3-5-10(11)13/h3-6H,1-2H3/b7-6+. The van der Waals surface area contributed by atoms with Gasteiger partial charge < -0.3 is 0 Å². The second kappa shape index (κ2) is 4.63. The molecule has 1 nitrogen and oxygen atoms in total. The first kappa shape index (κ1) is 11.3. The smallest absolute Gasteiger partial charge is 0.152 e. The molecular weight excluding hydrogens is 219 g/mol. The number of hydrogen-bond acceptors (Lipinski definition) is 1. The number of halogens is 2. The fourth-order valence-corrected chi connectivity index (χ4v) is 1.95. The molecule has 0 aliphatic carbocycles. The molecule has 14 heavy (non-hydrogen) atoms. The van der Waals surface area contributed by atoms with Gasteiger partial charge in [-0.2, -0.15) is 0 Å². The van der Waals surface area contributed by atoms with E-state index < -0.39 is 0 Å². The molecule has 0 heterocycles. The Kier molecular flexibility index (Phi) is 3.73. The number of allylic oxidation sites excluding steroid dienone is 2. The summed E-state index contributed by atoms with van der Waals surface area (Å²) in [6, 6.07) is 5.27. The highest BCUT2D eigenvalue weighted by atomic mass is 35.5. The molecule has 0 atom stereocenters. The van der Waals surface area contributed by atoms with Crippen molar-refractivity contribution in [1.29, 1.82) is 0 Å². The van der Waals surface area contributed by atoms with Crippen molar-refractivity contribution in [1.82, 2.24) is 0 Å². The molecule has 0 spiro atoms. The topological polar surface area (TPSA) is 17.1 Å². The first-order valence-electron chi connectivity index (χ1n) is 4.15. The van der Waals surface area contributed by atoms with E-state index in [9.17, 15) is 4.79 Å². The molecule has 0 N–H and O–H groups in total. The van der Waals surface area contributed by atoms with E-state index in [2.05, 4.69) is 0 Å². The molecule has 1 aromatic carbocycles. The Morgan fingerprint density at radius 2 is 1.71 bits per heavy atom. The maximum absolute atomic E-state index is 10.9. The van der Waals surface area contributed by atoms with Crippen molar-refractivity contribution in [2.45, 2.75) is 13.8 Å². The van der Waals surface area contributed by atoms with Crippen LogP contribution in [0.3, 0.4) is 0 Å². The van der Waals surface area contributed by atoms with Crippen molar-refractivity contribution in [3.8, 4) is 0 Å². The van der Waals surface area contributed by atoms with Crippen LogP contribution in [0.2, 0.25) is 10.0 Å². The minimum atomic E-state index is -0.0153. The number of carbonyl (C=O) groups excluding carboxylic acids is 1. The number of carbonyl (C=O) groups is 1. The lowest BCUT2D eigenvalue weighted by Gasteiger charge is -2.06. The fraction of sp³-hybridized carbons (Fsp3) is 0.182. The van der Waals surface area contributed by atoms with Crippen LogP contribution in [0.25, 0.3) is 5.57 Å². The number of rotatable bonds is 2. The molecule has 0 aliphatic heterocycles. The van der Waals surface area contributed by atoms with Gasteiger partial charge in [-0.15, -0.1) is 0 Å². The zero-order valence-electron chi connectivity index (χ0n) is 7.97. The van der Waals surface area contributed by atoms with Gasteiger partial charge in [0.05, 0.1) is 0 Å². The minimum absolute atomic E-state index is 0.0153. The van der Waals surface area contributed by atoms with E-state index in [1.54, 1.807) is 18.2 Å². The Hall–Kier alpha value is -0.790. The van der Waals surface area contributed by atoms with Crippen LogP contribution in [0.15, 0.2) is 24.3 Å². The van der Waals surface area contributed by atoms with Gasteiger partial charge in [-0.05, 0) is 37.6 Å². The molecule has 0 fully saturated rings. The molecule has 0 saturated heterocycles. The Bertz CT molecular complexity index is 374. The van der Waals surface area contributed by atoms with E-state index in [1.807, 2.05) is 6.92 Å². The van der Waals surface area contributed by atoms with Crippen LogP contribution >= 0.6 is 23.2 Å². The number of ketones is 1. The summed E-state index contributed by atoms with van der Waals surface area (Å²) in [7, 11) is 0. The summed E-state index contributed by atoms with van der Waals surface area (Å²) in [6.45, 7) is 3.31. The average Bonchev–Trinajstić information content (AvgIpc) is 2.01. The first-order valence-corrected chi connectivity index (χ1v) is 4.91. The minimum Gasteiger partial charge on any atom is -0.295 e. The molecule has 1 aromatic rings. The molecule has 0 aromatic heterocycles. The fourth-order valence-electron chi connectivity index (χ4n) is 1.25. The lowest BCUT2D eigenvalue weighted by molar-refractivity contribution is -0.112. The largest absolute Gasteiger partial charge is 0.295 e. The highest BCUT2D eigenvalue weighted by Crippen LogP contribution is 2.30. The van der Waals surface area contributed by atoms with E-state index in [1.165, 1.54) is 13.0 Å². The predicted molar refractivity (Wildman–Crippen MR) is 60.8 cm³/mol. The second-order valence-corrected chi connectivity index (χ2v) is 3.85. The van der Waals surface area contributed by atoms with Crippen LogP contribution in [-0.2, 0) is 4.79 Å². The van der Waals surface area contributed by atoms with Gasteiger partial charge in [0.2, 0.25) is 0 Å². The zero-order valence-corrected chi connectivity index (χ0v) is 9.49. The molecule has 74 valence electrons. The van der Waals surface area contributed by atoms with Gasteiger partial charge in [-0.1, -0.05) is 29.3 Å². The number of benzene rings is 1. The molecule has 0 aliphatic rings. The van der Waals surface area contributed by atoms with Gasteiger partial charge in [0.25, 0.3) is 0 Å². The van der Waals surface area contributed by atoms with Gasteiger partial charge in [0, 0.05) is 15.6 Å². The van der Waals surface area contributed by atoms with Crippen molar-refractivity contribution in [3.63, 3.8) is 0 Å². The third-order valence-electron chi connectivity index (χ3n) is 1.78. The summed E-state index contributed by atoms with van der Waals surface area (Å²) in [5.74, 6) is -0.0153. The molecule has 0 bridgehead atoms. The molecule has 3 heteroatoms. The van der Waals surface area contributed by atoms with E-state index >= 15 is 0 Å². The third kappa shape index (κ3) is 2.60. The van der Waals surface area contributed by atoms with E-state index in [0.29, 0.717) is 10.0 Å². The van der Waals surface area contributed by atoms with Crippen molar-refractivity contribution in [2.24, 2.45) is 0 Å². The lowest BCUT2D eigenvalue weighted by atomic mass is 10.1. The molecular formula is C11H10Cl2O. The van der Waals surface area contributed by atoms with E-state index in [0.717, 1.165) is 11.1 Å². The highest BCUT2D eigenvalue weighted by Gasteiger charge is 2.07. The van der Waals surface area contributed by atoms with Crippen LogP contribution in [0.1, 0.15) is 19.4 Å². The zero-order chi connectivity index (χ0) is 10.7. The van der Waals surface area contributed by atoms with Crippen LogP contribution in [-0.4, -0.2) is 5.78 Å². The maximum atomic E-state index is 10.9. The quantitative estimate of drug-likeness (QED) is 0.701. The third-order valence-corrected chi connectivity index (χ3v) is 2.41. The second-order valence-electron chi connectivity index (χ2n) is 3.03. The van der Waals surface area contributed by atoms with Crippen molar-refractivity contribution in [2.75, 3.05) is 0 Å². The van der Waals surface area contributed by atoms with Crippen LogP contribution < -0.4 is 0 Å².